The molecular formula is C27H39N5O4. The number of carbonyl (C=O) groups excluding carboxylic acids is 1. The number of imidazole rings is 1. The first kappa shape index (κ1) is 25.0. The molecule has 0 unspecified atom stereocenters. The van der Waals surface area contributed by atoms with E-state index in [1.807, 2.05) is 41.5 Å². The summed E-state index contributed by atoms with van der Waals surface area (Å²) in [7, 11) is 0. The molecule has 9 heteroatoms. The van der Waals surface area contributed by atoms with Crippen LogP contribution in [0.3, 0.4) is 0 Å². The largest absolute Gasteiger partial charge is 0.443 e. The van der Waals surface area contributed by atoms with E-state index in [2.05, 4.69) is 20.6 Å². The second-order valence-corrected chi connectivity index (χ2v) is 11.5. The zero-order valence-corrected chi connectivity index (χ0v) is 22.4. The van der Waals surface area contributed by atoms with Crippen molar-refractivity contribution in [1.29, 1.82) is 0 Å². The highest BCUT2D eigenvalue weighted by molar-refractivity contribution is 6.08. The third-order valence-electron chi connectivity index (χ3n) is 7.10. The monoisotopic (exact) mass is 497 g/mol. The molecule has 0 radical (unpaired) electrons. The lowest BCUT2D eigenvalue weighted by Crippen LogP contribution is -2.37. The van der Waals surface area contributed by atoms with Crippen molar-refractivity contribution in [3.8, 4) is 0 Å². The van der Waals surface area contributed by atoms with E-state index in [0.717, 1.165) is 16.6 Å². The van der Waals surface area contributed by atoms with Crippen LogP contribution in [0, 0.1) is 0 Å². The number of amides is 1. The molecule has 5 rings (SSSR count). The highest BCUT2D eigenvalue weighted by Crippen LogP contribution is 2.39. The summed E-state index contributed by atoms with van der Waals surface area (Å²) in [5.41, 5.74) is 3.05. The first-order chi connectivity index (χ1) is 17.1. The Bertz CT molecular complexity index is 1250. The van der Waals surface area contributed by atoms with E-state index < -0.39 is 17.5 Å². The van der Waals surface area contributed by atoms with Gasteiger partial charge in [0.05, 0.1) is 25.0 Å². The molecule has 0 bridgehead atoms. The van der Waals surface area contributed by atoms with Gasteiger partial charge in [0.1, 0.15) is 22.9 Å². The molecule has 1 atom stereocenters. The highest BCUT2D eigenvalue weighted by atomic mass is 16.7. The Labute approximate surface area is 212 Å². The summed E-state index contributed by atoms with van der Waals surface area (Å²) in [5, 5.41) is 1.02. The SMILES string of the molecule is CCN(C(=O)OC(C)(C)C)c1nc2c(cc(C3CCCCC3)n2C[C@H]2COC(C)(C)O2)c2[nH]cnc12. The zero-order chi connectivity index (χ0) is 25.7. The van der Waals surface area contributed by atoms with Crippen LogP contribution in [0.1, 0.15) is 85.3 Å². The van der Waals surface area contributed by atoms with Gasteiger partial charge in [0, 0.05) is 17.6 Å². The molecule has 1 amide bonds. The van der Waals surface area contributed by atoms with E-state index in [4.69, 9.17) is 19.2 Å². The van der Waals surface area contributed by atoms with Crippen LogP contribution in [0.15, 0.2) is 12.4 Å². The number of pyridine rings is 1. The van der Waals surface area contributed by atoms with E-state index in [9.17, 15) is 4.79 Å². The Hall–Kier alpha value is -2.65. The number of anilines is 1. The van der Waals surface area contributed by atoms with Gasteiger partial charge in [-0.2, -0.15) is 0 Å². The molecule has 0 spiro atoms. The van der Waals surface area contributed by atoms with E-state index in [1.54, 1.807) is 11.2 Å². The minimum atomic E-state index is -0.611. The molecule has 3 aromatic heterocycles. The Morgan fingerprint density at radius 2 is 2.03 bits per heavy atom. The van der Waals surface area contributed by atoms with Gasteiger partial charge in [0.15, 0.2) is 11.6 Å². The zero-order valence-electron chi connectivity index (χ0n) is 22.4. The molecule has 1 aliphatic carbocycles. The molecule has 3 aromatic rings. The molecule has 1 aliphatic heterocycles. The van der Waals surface area contributed by atoms with Gasteiger partial charge in [-0.05, 0) is 66.4 Å². The normalized spacial score (nSPS) is 20.9. The Morgan fingerprint density at radius 3 is 2.67 bits per heavy atom. The predicted octanol–water partition coefficient (Wildman–Crippen LogP) is 5.87. The number of rotatable bonds is 5. The summed E-state index contributed by atoms with van der Waals surface area (Å²) < 4.78 is 20.1. The lowest BCUT2D eigenvalue weighted by atomic mass is 9.87. The quantitative estimate of drug-likeness (QED) is 0.473. The van der Waals surface area contributed by atoms with Crippen molar-refractivity contribution < 1.29 is 19.0 Å². The fourth-order valence-corrected chi connectivity index (χ4v) is 5.54. The van der Waals surface area contributed by atoms with Crippen LogP contribution < -0.4 is 4.90 Å². The van der Waals surface area contributed by atoms with E-state index in [0.29, 0.717) is 36.9 Å². The second kappa shape index (κ2) is 9.34. The van der Waals surface area contributed by atoms with Crippen molar-refractivity contribution in [1.82, 2.24) is 19.5 Å². The van der Waals surface area contributed by atoms with Crippen molar-refractivity contribution in [3.05, 3.63) is 18.1 Å². The maximum Gasteiger partial charge on any atom is 0.416 e. The van der Waals surface area contributed by atoms with Gasteiger partial charge in [-0.25, -0.2) is 14.8 Å². The third-order valence-corrected chi connectivity index (χ3v) is 7.10. The van der Waals surface area contributed by atoms with Crippen LogP contribution >= 0.6 is 0 Å². The van der Waals surface area contributed by atoms with Crippen LogP contribution in [-0.4, -0.2) is 56.3 Å². The summed E-state index contributed by atoms with van der Waals surface area (Å²) >= 11 is 0. The molecule has 1 saturated carbocycles. The number of aromatic amines is 1. The smallest absolute Gasteiger partial charge is 0.416 e. The Kier molecular flexibility index (Phi) is 6.49. The number of ether oxygens (including phenoxy) is 3. The Morgan fingerprint density at radius 1 is 1.28 bits per heavy atom. The Balaban J connectivity index is 1.65. The molecule has 1 N–H and O–H groups in total. The molecule has 4 heterocycles. The molecule has 0 aromatic carbocycles. The number of hydrogen-bond donors (Lipinski definition) is 1. The number of carbonyl (C=O) groups is 1. The van der Waals surface area contributed by atoms with Crippen LogP contribution in [0.25, 0.3) is 22.1 Å². The van der Waals surface area contributed by atoms with Crippen molar-refractivity contribution in [2.75, 3.05) is 18.1 Å². The summed E-state index contributed by atoms with van der Waals surface area (Å²) in [6.45, 7) is 13.0. The van der Waals surface area contributed by atoms with Gasteiger partial charge < -0.3 is 23.8 Å². The molecule has 36 heavy (non-hydrogen) atoms. The summed E-state index contributed by atoms with van der Waals surface area (Å²) in [6.07, 6.45) is 7.27. The van der Waals surface area contributed by atoms with E-state index in [1.165, 1.54) is 37.8 Å². The number of nitrogens with zero attached hydrogens (tertiary/aromatic N) is 4. The molecule has 196 valence electrons. The first-order valence-electron chi connectivity index (χ1n) is 13.2. The third kappa shape index (κ3) is 4.83. The number of aromatic nitrogens is 4. The van der Waals surface area contributed by atoms with Crippen molar-refractivity contribution in [2.24, 2.45) is 0 Å². The predicted molar refractivity (Wildman–Crippen MR) is 139 cm³/mol. The number of fused-ring (bicyclic) bond motifs is 3. The summed E-state index contributed by atoms with van der Waals surface area (Å²) in [6, 6.07) is 2.27. The molecule has 1 saturated heterocycles. The average molecular weight is 498 g/mol. The maximum atomic E-state index is 13.2. The number of H-pyrrole nitrogens is 1. The fourth-order valence-electron chi connectivity index (χ4n) is 5.54. The second-order valence-electron chi connectivity index (χ2n) is 11.5. The van der Waals surface area contributed by atoms with Gasteiger partial charge in [0.2, 0.25) is 0 Å². The minimum Gasteiger partial charge on any atom is -0.443 e. The lowest BCUT2D eigenvalue weighted by molar-refractivity contribution is -0.139. The summed E-state index contributed by atoms with van der Waals surface area (Å²) in [5.74, 6) is 0.385. The van der Waals surface area contributed by atoms with E-state index >= 15 is 0 Å². The van der Waals surface area contributed by atoms with Crippen molar-refractivity contribution in [3.63, 3.8) is 0 Å². The van der Waals surface area contributed by atoms with Crippen LogP contribution in [0.5, 0.6) is 0 Å². The standard InChI is InChI=1S/C27H39N5O4/c1-7-31(25(33)36-26(2,3)4)24-22-21(28-16-29-22)19-13-20(17-11-9-8-10-12-17)32(23(19)30-24)14-18-15-34-27(5,6)35-18/h13,16-18H,7-12,14-15H2,1-6H3,(H,28,29)/t18-/m0/s1. The highest BCUT2D eigenvalue weighted by Gasteiger charge is 2.35. The first-order valence-corrected chi connectivity index (χ1v) is 13.2. The fraction of sp³-hybridized carbons (Fsp3) is 0.667. The van der Waals surface area contributed by atoms with Crippen LogP contribution in [-0.2, 0) is 20.8 Å². The van der Waals surface area contributed by atoms with Gasteiger partial charge >= 0.3 is 6.09 Å². The van der Waals surface area contributed by atoms with Crippen LogP contribution in [0.4, 0.5) is 10.6 Å². The van der Waals surface area contributed by atoms with Crippen LogP contribution in [0.2, 0.25) is 0 Å². The van der Waals surface area contributed by atoms with Gasteiger partial charge in [-0.1, -0.05) is 19.3 Å². The van der Waals surface area contributed by atoms with Crippen molar-refractivity contribution in [2.45, 2.75) is 104 Å². The topological polar surface area (TPSA) is 94.5 Å². The molecule has 9 nitrogen and oxygen atoms in total. The average Bonchev–Trinajstić information content (AvgIpc) is 3.51. The lowest BCUT2D eigenvalue weighted by Gasteiger charge is -2.26. The number of nitrogens with one attached hydrogen (secondary N) is 1. The van der Waals surface area contributed by atoms with Gasteiger partial charge in [-0.3, -0.25) is 4.90 Å². The molecule has 2 aliphatic rings. The van der Waals surface area contributed by atoms with E-state index in [-0.39, 0.29) is 6.10 Å². The summed E-state index contributed by atoms with van der Waals surface area (Å²) in [4.78, 5) is 27.7. The van der Waals surface area contributed by atoms with Gasteiger partial charge in [0.25, 0.3) is 0 Å². The molecular weight excluding hydrogens is 458 g/mol. The maximum absolute atomic E-state index is 13.2. The molecule has 2 fully saturated rings. The van der Waals surface area contributed by atoms with Gasteiger partial charge in [-0.15, -0.1) is 0 Å². The minimum absolute atomic E-state index is 0.0752. The van der Waals surface area contributed by atoms with Crippen molar-refractivity contribution >= 4 is 34.0 Å². The number of hydrogen-bond acceptors (Lipinski definition) is 6.